The van der Waals surface area contributed by atoms with Gasteiger partial charge in [-0.2, -0.15) is 0 Å². The summed E-state index contributed by atoms with van der Waals surface area (Å²) in [4.78, 5) is 11.9. The predicted molar refractivity (Wildman–Crippen MR) is 90.7 cm³/mol. The topological polar surface area (TPSA) is 38.3 Å². The Balaban J connectivity index is 1.72. The van der Waals surface area contributed by atoms with E-state index < -0.39 is 0 Å². The van der Waals surface area contributed by atoms with Crippen LogP contribution in [0.1, 0.15) is 24.0 Å². The fourth-order valence-electron chi connectivity index (χ4n) is 2.12. The summed E-state index contributed by atoms with van der Waals surface area (Å²) in [6.45, 7) is 4.53. The van der Waals surface area contributed by atoms with Crippen LogP contribution in [0.2, 0.25) is 5.02 Å². The van der Waals surface area contributed by atoms with Crippen LogP contribution in [-0.4, -0.2) is 12.5 Å². The number of carbonyl (C=O) groups excluding carboxylic acids is 1. The van der Waals surface area contributed by atoms with Crippen molar-refractivity contribution in [1.82, 2.24) is 0 Å². The number of ether oxygens (including phenoxy) is 1. The van der Waals surface area contributed by atoms with E-state index in [0.29, 0.717) is 24.5 Å². The van der Waals surface area contributed by atoms with Crippen LogP contribution in [0.5, 0.6) is 5.75 Å². The second kappa shape index (κ2) is 7.85. The number of rotatable bonds is 6. The van der Waals surface area contributed by atoms with E-state index in [4.69, 9.17) is 16.3 Å². The van der Waals surface area contributed by atoms with E-state index in [2.05, 4.69) is 11.4 Å². The van der Waals surface area contributed by atoms with E-state index in [1.165, 1.54) is 5.56 Å². The Morgan fingerprint density at radius 2 is 1.86 bits per heavy atom. The molecular formula is C18H20ClNO2. The Hall–Kier alpha value is -2.00. The Morgan fingerprint density at radius 3 is 2.55 bits per heavy atom. The van der Waals surface area contributed by atoms with E-state index in [0.717, 1.165) is 17.0 Å². The normalized spacial score (nSPS) is 10.3. The van der Waals surface area contributed by atoms with Gasteiger partial charge in [0, 0.05) is 17.1 Å². The quantitative estimate of drug-likeness (QED) is 0.780. The zero-order valence-electron chi connectivity index (χ0n) is 12.9. The summed E-state index contributed by atoms with van der Waals surface area (Å²) in [6, 6.07) is 13.2. The van der Waals surface area contributed by atoms with Crippen LogP contribution < -0.4 is 10.1 Å². The van der Waals surface area contributed by atoms with Gasteiger partial charge in [-0.15, -0.1) is 0 Å². The third-order valence-corrected chi connectivity index (χ3v) is 3.54. The Bertz CT molecular complexity index is 638. The molecule has 0 aliphatic rings. The van der Waals surface area contributed by atoms with Crippen LogP contribution in [0.3, 0.4) is 0 Å². The van der Waals surface area contributed by atoms with Crippen molar-refractivity contribution in [2.75, 3.05) is 11.9 Å². The third-order valence-electron chi connectivity index (χ3n) is 3.29. The summed E-state index contributed by atoms with van der Waals surface area (Å²) in [6.07, 6.45) is 1.10. The molecule has 0 spiro atoms. The van der Waals surface area contributed by atoms with Gasteiger partial charge in [0.25, 0.3) is 0 Å². The average Bonchev–Trinajstić information content (AvgIpc) is 2.48. The Kier molecular flexibility index (Phi) is 5.84. The predicted octanol–water partition coefficient (Wildman–Crippen LogP) is 4.75. The van der Waals surface area contributed by atoms with Crippen LogP contribution in [0, 0.1) is 13.8 Å². The molecule has 0 aliphatic heterocycles. The summed E-state index contributed by atoms with van der Waals surface area (Å²) >= 11 is 5.81. The second-order valence-electron chi connectivity index (χ2n) is 5.27. The monoisotopic (exact) mass is 317 g/mol. The fraction of sp³-hybridized carbons (Fsp3) is 0.278. The van der Waals surface area contributed by atoms with Crippen molar-refractivity contribution in [3.8, 4) is 5.75 Å². The lowest BCUT2D eigenvalue weighted by Gasteiger charge is -2.09. The molecule has 0 heterocycles. The number of hydrogen-bond donors (Lipinski definition) is 1. The molecule has 22 heavy (non-hydrogen) atoms. The molecule has 116 valence electrons. The lowest BCUT2D eigenvalue weighted by atomic mass is 10.1. The molecule has 2 aromatic rings. The van der Waals surface area contributed by atoms with E-state index >= 15 is 0 Å². The minimum Gasteiger partial charge on any atom is -0.494 e. The van der Waals surface area contributed by atoms with Gasteiger partial charge in [-0.25, -0.2) is 0 Å². The van der Waals surface area contributed by atoms with Gasteiger partial charge in [0.2, 0.25) is 5.91 Å². The molecule has 0 unspecified atom stereocenters. The molecule has 1 amide bonds. The maximum Gasteiger partial charge on any atom is 0.224 e. The number of anilines is 1. The molecule has 0 radical (unpaired) electrons. The van der Waals surface area contributed by atoms with Gasteiger partial charge in [0.1, 0.15) is 5.75 Å². The Morgan fingerprint density at radius 1 is 1.14 bits per heavy atom. The van der Waals surface area contributed by atoms with Gasteiger partial charge >= 0.3 is 0 Å². The van der Waals surface area contributed by atoms with Gasteiger partial charge in [0.15, 0.2) is 0 Å². The van der Waals surface area contributed by atoms with Crippen molar-refractivity contribution in [3.63, 3.8) is 0 Å². The number of hydrogen-bond acceptors (Lipinski definition) is 2. The largest absolute Gasteiger partial charge is 0.494 e. The summed E-state index contributed by atoms with van der Waals surface area (Å²) in [5, 5.41) is 3.61. The van der Waals surface area contributed by atoms with Gasteiger partial charge in [-0.05, 0) is 56.2 Å². The second-order valence-corrected chi connectivity index (χ2v) is 5.71. The molecule has 0 bridgehead atoms. The molecule has 3 nitrogen and oxygen atoms in total. The van der Waals surface area contributed by atoms with Crippen molar-refractivity contribution in [1.29, 1.82) is 0 Å². The van der Waals surface area contributed by atoms with Crippen LogP contribution in [-0.2, 0) is 4.79 Å². The lowest BCUT2D eigenvalue weighted by molar-refractivity contribution is -0.116. The highest BCUT2D eigenvalue weighted by Crippen LogP contribution is 2.17. The van der Waals surface area contributed by atoms with Crippen molar-refractivity contribution < 1.29 is 9.53 Å². The molecule has 2 aromatic carbocycles. The summed E-state index contributed by atoms with van der Waals surface area (Å²) in [5.74, 6) is 0.769. The zero-order chi connectivity index (χ0) is 15.9. The van der Waals surface area contributed by atoms with E-state index in [9.17, 15) is 4.79 Å². The molecule has 0 atom stereocenters. The molecule has 0 aromatic heterocycles. The Labute approximate surface area is 136 Å². The highest BCUT2D eigenvalue weighted by atomic mass is 35.5. The van der Waals surface area contributed by atoms with E-state index in [1.54, 1.807) is 12.1 Å². The zero-order valence-corrected chi connectivity index (χ0v) is 13.6. The van der Waals surface area contributed by atoms with Gasteiger partial charge in [-0.1, -0.05) is 29.3 Å². The molecule has 2 rings (SSSR count). The number of aryl methyl sites for hydroxylation is 2. The lowest BCUT2D eigenvalue weighted by Crippen LogP contribution is -2.13. The average molecular weight is 318 g/mol. The maximum absolute atomic E-state index is 11.9. The molecule has 1 N–H and O–H groups in total. The molecule has 4 heteroatoms. The van der Waals surface area contributed by atoms with Crippen LogP contribution in [0.15, 0.2) is 42.5 Å². The highest BCUT2D eigenvalue weighted by molar-refractivity contribution is 6.30. The van der Waals surface area contributed by atoms with Crippen LogP contribution in [0.4, 0.5) is 5.69 Å². The first-order valence-corrected chi connectivity index (χ1v) is 7.68. The third kappa shape index (κ3) is 5.08. The molecule has 0 saturated carbocycles. The van der Waals surface area contributed by atoms with Crippen molar-refractivity contribution in [2.45, 2.75) is 26.7 Å². The summed E-state index contributed by atoms with van der Waals surface area (Å²) in [7, 11) is 0. The minimum atomic E-state index is 0.00617. The number of carbonyl (C=O) groups is 1. The number of halogens is 1. The SMILES string of the molecule is Cc1ccc(NC(=O)CCCOc2ccc(Cl)cc2)c(C)c1. The highest BCUT2D eigenvalue weighted by Gasteiger charge is 2.05. The standard InChI is InChI=1S/C18H20ClNO2/c1-13-5-10-17(14(2)12-13)20-18(21)4-3-11-22-16-8-6-15(19)7-9-16/h5-10,12H,3-4,11H2,1-2H3,(H,20,21). The molecule has 0 aliphatic carbocycles. The molecular weight excluding hydrogens is 298 g/mol. The van der Waals surface area contributed by atoms with Crippen molar-refractivity contribution >= 4 is 23.2 Å². The number of amides is 1. The van der Waals surface area contributed by atoms with Gasteiger partial charge in [-0.3, -0.25) is 4.79 Å². The van der Waals surface area contributed by atoms with Crippen LogP contribution >= 0.6 is 11.6 Å². The first-order chi connectivity index (χ1) is 10.5. The number of nitrogens with one attached hydrogen (secondary N) is 1. The van der Waals surface area contributed by atoms with E-state index in [1.807, 2.05) is 38.1 Å². The van der Waals surface area contributed by atoms with Crippen molar-refractivity contribution in [3.05, 3.63) is 58.6 Å². The summed E-state index contributed by atoms with van der Waals surface area (Å²) in [5.41, 5.74) is 3.13. The first-order valence-electron chi connectivity index (χ1n) is 7.30. The van der Waals surface area contributed by atoms with Gasteiger partial charge < -0.3 is 10.1 Å². The first kappa shape index (κ1) is 16.4. The van der Waals surface area contributed by atoms with Gasteiger partial charge in [0.05, 0.1) is 6.61 Å². The fourth-order valence-corrected chi connectivity index (χ4v) is 2.25. The maximum atomic E-state index is 11.9. The van der Waals surface area contributed by atoms with Crippen LogP contribution in [0.25, 0.3) is 0 Å². The van der Waals surface area contributed by atoms with E-state index in [-0.39, 0.29) is 5.91 Å². The molecule has 0 saturated heterocycles. The number of benzene rings is 2. The molecule has 0 fully saturated rings. The minimum absolute atomic E-state index is 0.00617. The summed E-state index contributed by atoms with van der Waals surface area (Å²) < 4.78 is 5.56. The smallest absolute Gasteiger partial charge is 0.224 e. The van der Waals surface area contributed by atoms with Crippen molar-refractivity contribution in [2.24, 2.45) is 0 Å².